The van der Waals surface area contributed by atoms with Gasteiger partial charge in [0.25, 0.3) is 5.91 Å². The summed E-state index contributed by atoms with van der Waals surface area (Å²) < 4.78 is 0. The number of nitrogens with one attached hydrogen (secondary N) is 2. The number of amides is 1. The second kappa shape index (κ2) is 7.04. The van der Waals surface area contributed by atoms with Crippen molar-refractivity contribution in [2.24, 2.45) is 0 Å². The Balaban J connectivity index is 1.26. The van der Waals surface area contributed by atoms with Gasteiger partial charge < -0.3 is 15.2 Å². The van der Waals surface area contributed by atoms with E-state index in [0.717, 1.165) is 48.0 Å². The maximum Gasteiger partial charge on any atom is 0.251 e. The first-order valence-corrected chi connectivity index (χ1v) is 9.86. The average molecular weight is 369 g/mol. The van der Waals surface area contributed by atoms with Crippen LogP contribution in [0.3, 0.4) is 0 Å². The van der Waals surface area contributed by atoms with E-state index in [-0.39, 0.29) is 5.91 Å². The summed E-state index contributed by atoms with van der Waals surface area (Å²) in [5.74, 6) is -0.0114. The molecule has 3 aromatic rings. The van der Waals surface area contributed by atoms with E-state index >= 15 is 0 Å². The van der Waals surface area contributed by atoms with E-state index in [2.05, 4.69) is 57.7 Å². The zero-order valence-electron chi connectivity index (χ0n) is 15.7. The number of aromatic nitrogens is 1. The topological polar surface area (TPSA) is 48.1 Å². The highest BCUT2D eigenvalue weighted by atomic mass is 16.1. The lowest BCUT2D eigenvalue weighted by molar-refractivity contribution is 0.0951. The van der Waals surface area contributed by atoms with Gasteiger partial charge in [0, 0.05) is 42.6 Å². The van der Waals surface area contributed by atoms with Crippen LogP contribution in [0.4, 0.5) is 0 Å². The Kier molecular flexibility index (Phi) is 4.24. The van der Waals surface area contributed by atoms with Gasteiger partial charge in [0.1, 0.15) is 0 Å². The number of nitrogens with zero attached hydrogens (tertiary/aromatic N) is 1. The van der Waals surface area contributed by atoms with Gasteiger partial charge in [-0.2, -0.15) is 0 Å². The molecule has 0 saturated heterocycles. The number of carbonyl (C=O) groups excluding carboxylic acids is 1. The van der Waals surface area contributed by atoms with Crippen molar-refractivity contribution < 1.29 is 4.79 Å². The molecule has 5 rings (SSSR count). The molecule has 2 N–H and O–H groups in total. The number of carbonyl (C=O) groups is 1. The highest BCUT2D eigenvalue weighted by Crippen LogP contribution is 2.22. The van der Waals surface area contributed by atoms with Crippen LogP contribution in [-0.4, -0.2) is 28.9 Å². The quantitative estimate of drug-likeness (QED) is 0.731. The van der Waals surface area contributed by atoms with Crippen molar-refractivity contribution in [1.82, 2.24) is 15.2 Å². The molecule has 0 spiro atoms. The Bertz CT molecular complexity index is 1110. The van der Waals surface area contributed by atoms with Gasteiger partial charge in [-0.05, 0) is 77.4 Å². The molecule has 1 amide bonds. The molecule has 0 fully saturated rings. The van der Waals surface area contributed by atoms with E-state index in [4.69, 9.17) is 0 Å². The number of rotatable bonds is 4. The van der Waals surface area contributed by atoms with Gasteiger partial charge in [-0.1, -0.05) is 18.2 Å². The second-order valence-corrected chi connectivity index (χ2v) is 7.50. The SMILES string of the molecule is O=C(NCc1ccc2[nH]ccc2c1)c1ccc2c(c1)CCN(C1=CC=C1)CC2. The van der Waals surface area contributed by atoms with Gasteiger partial charge in [-0.3, -0.25) is 4.79 Å². The van der Waals surface area contributed by atoms with Gasteiger partial charge in [-0.15, -0.1) is 0 Å². The highest BCUT2D eigenvalue weighted by molar-refractivity contribution is 5.94. The van der Waals surface area contributed by atoms with Crippen LogP contribution in [0.1, 0.15) is 27.0 Å². The molecule has 0 unspecified atom stereocenters. The van der Waals surface area contributed by atoms with Crippen molar-refractivity contribution in [2.75, 3.05) is 13.1 Å². The summed E-state index contributed by atoms with van der Waals surface area (Å²) in [5.41, 5.74) is 6.95. The molecule has 4 heteroatoms. The summed E-state index contributed by atoms with van der Waals surface area (Å²) in [6, 6.07) is 14.4. The van der Waals surface area contributed by atoms with Gasteiger partial charge in [0.05, 0.1) is 0 Å². The highest BCUT2D eigenvalue weighted by Gasteiger charge is 2.17. The monoisotopic (exact) mass is 369 g/mol. The van der Waals surface area contributed by atoms with E-state index in [1.54, 1.807) is 0 Å². The predicted molar refractivity (Wildman–Crippen MR) is 112 cm³/mol. The van der Waals surface area contributed by atoms with E-state index in [0.29, 0.717) is 6.54 Å². The van der Waals surface area contributed by atoms with Crippen molar-refractivity contribution in [3.8, 4) is 0 Å². The lowest BCUT2D eigenvalue weighted by atomic mass is 10.00. The summed E-state index contributed by atoms with van der Waals surface area (Å²) in [6.07, 6.45) is 10.4. The number of aromatic amines is 1. The van der Waals surface area contributed by atoms with E-state index in [1.165, 1.54) is 16.8 Å². The van der Waals surface area contributed by atoms with E-state index in [9.17, 15) is 4.79 Å². The van der Waals surface area contributed by atoms with Crippen molar-refractivity contribution in [2.45, 2.75) is 19.4 Å². The Morgan fingerprint density at radius 2 is 1.89 bits per heavy atom. The largest absolute Gasteiger partial charge is 0.371 e. The van der Waals surface area contributed by atoms with Gasteiger partial charge >= 0.3 is 0 Å². The maximum absolute atomic E-state index is 12.7. The fourth-order valence-electron chi connectivity index (χ4n) is 4.01. The summed E-state index contributed by atoms with van der Waals surface area (Å²) in [7, 11) is 0. The van der Waals surface area contributed by atoms with Crippen LogP contribution in [0, 0.1) is 0 Å². The number of fused-ring (bicyclic) bond motifs is 2. The molecule has 1 aromatic heterocycles. The van der Waals surface area contributed by atoms with Gasteiger partial charge in [-0.25, -0.2) is 0 Å². The van der Waals surface area contributed by atoms with Crippen molar-refractivity contribution in [3.05, 3.63) is 94.8 Å². The fourth-order valence-corrected chi connectivity index (χ4v) is 4.01. The number of hydrogen-bond donors (Lipinski definition) is 2. The minimum Gasteiger partial charge on any atom is -0.371 e. The maximum atomic E-state index is 12.7. The minimum atomic E-state index is -0.0114. The van der Waals surface area contributed by atoms with Crippen molar-refractivity contribution in [1.29, 1.82) is 0 Å². The summed E-state index contributed by atoms with van der Waals surface area (Å²) in [5, 5.41) is 4.23. The minimum absolute atomic E-state index is 0.0114. The zero-order valence-corrected chi connectivity index (χ0v) is 15.7. The van der Waals surface area contributed by atoms with Gasteiger partial charge in [0.15, 0.2) is 0 Å². The Hall–Kier alpha value is -3.27. The zero-order chi connectivity index (χ0) is 18.9. The normalized spacial score (nSPS) is 15.6. The molecule has 140 valence electrons. The summed E-state index contributed by atoms with van der Waals surface area (Å²) in [6.45, 7) is 2.58. The Labute approximate surface area is 164 Å². The van der Waals surface area contributed by atoms with Crippen LogP contribution < -0.4 is 5.32 Å². The molecule has 0 bridgehead atoms. The molecule has 2 heterocycles. The second-order valence-electron chi connectivity index (χ2n) is 7.50. The van der Waals surface area contributed by atoms with Crippen LogP contribution in [-0.2, 0) is 19.4 Å². The first-order valence-electron chi connectivity index (χ1n) is 9.86. The van der Waals surface area contributed by atoms with Crippen LogP contribution in [0.5, 0.6) is 0 Å². The molecule has 2 aliphatic rings. The number of allylic oxidation sites excluding steroid dienone is 3. The first-order chi connectivity index (χ1) is 13.8. The number of H-pyrrole nitrogens is 1. The Morgan fingerprint density at radius 3 is 2.71 bits per heavy atom. The third-order valence-electron chi connectivity index (χ3n) is 5.74. The molecule has 4 nitrogen and oxygen atoms in total. The standard InChI is InChI=1S/C24H23N3O/c28-24(26-16-17-4-7-23-20(14-17)8-11-25-23)21-6-5-18-9-12-27(22-2-1-3-22)13-10-19(18)15-21/h1-8,11,14-15,25H,9-10,12-13,16H2,(H,26,28). The fraction of sp³-hybridized carbons (Fsp3) is 0.208. The lowest BCUT2D eigenvalue weighted by Gasteiger charge is -2.26. The molecule has 0 radical (unpaired) electrons. The third-order valence-corrected chi connectivity index (χ3v) is 5.74. The molecule has 28 heavy (non-hydrogen) atoms. The Morgan fingerprint density at radius 1 is 1.04 bits per heavy atom. The van der Waals surface area contributed by atoms with Crippen LogP contribution in [0.25, 0.3) is 10.9 Å². The van der Waals surface area contributed by atoms with E-state index in [1.807, 2.05) is 24.4 Å². The number of hydrogen-bond acceptors (Lipinski definition) is 2. The smallest absolute Gasteiger partial charge is 0.251 e. The molecular weight excluding hydrogens is 346 g/mol. The van der Waals surface area contributed by atoms with Crippen LogP contribution >= 0.6 is 0 Å². The molecule has 1 aliphatic heterocycles. The lowest BCUT2D eigenvalue weighted by Crippen LogP contribution is -2.26. The molecule has 0 atom stereocenters. The van der Waals surface area contributed by atoms with Crippen LogP contribution in [0.2, 0.25) is 0 Å². The first kappa shape index (κ1) is 16.9. The molecule has 0 saturated carbocycles. The molecule has 2 aromatic carbocycles. The third kappa shape index (κ3) is 3.22. The van der Waals surface area contributed by atoms with Crippen LogP contribution in [0.15, 0.2) is 72.6 Å². The average Bonchev–Trinajstić information content (AvgIpc) is 3.05. The van der Waals surface area contributed by atoms with Gasteiger partial charge in [0.2, 0.25) is 0 Å². The van der Waals surface area contributed by atoms with E-state index < -0.39 is 0 Å². The van der Waals surface area contributed by atoms with Crippen molar-refractivity contribution in [3.63, 3.8) is 0 Å². The van der Waals surface area contributed by atoms with Crippen molar-refractivity contribution >= 4 is 16.8 Å². The predicted octanol–water partition coefficient (Wildman–Crippen LogP) is 3.95. The number of benzene rings is 2. The summed E-state index contributed by atoms with van der Waals surface area (Å²) >= 11 is 0. The molecular formula is C24H23N3O. The summed E-state index contributed by atoms with van der Waals surface area (Å²) in [4.78, 5) is 18.3. The molecule has 1 aliphatic carbocycles.